The molecule has 0 unspecified atom stereocenters. The van der Waals surface area contributed by atoms with Gasteiger partial charge in [-0.15, -0.1) is 24.0 Å². The molecular weight excluding hydrogens is 426 g/mol. The molecule has 1 amide bonds. The quantitative estimate of drug-likeness (QED) is 0.292. The lowest BCUT2D eigenvalue weighted by atomic mass is 9.93. The average molecular weight is 456 g/mol. The molecule has 1 aromatic carbocycles. The first-order chi connectivity index (χ1) is 14.9. The Morgan fingerprint density at radius 1 is 1.26 bits per heavy atom. The van der Waals surface area contributed by atoms with Crippen molar-refractivity contribution >= 4 is 57.8 Å². The number of carbonyl (C=O) groups is 1. The third-order valence-corrected chi connectivity index (χ3v) is 7.49. The van der Waals surface area contributed by atoms with E-state index in [1.54, 1.807) is 17.7 Å². The van der Waals surface area contributed by atoms with Crippen LogP contribution in [0.1, 0.15) is 43.6 Å². The van der Waals surface area contributed by atoms with Gasteiger partial charge in [0.15, 0.2) is 0 Å². The molecule has 8 heteroatoms. The first-order valence-corrected chi connectivity index (χ1v) is 11.9. The van der Waals surface area contributed by atoms with Gasteiger partial charge in [-0.3, -0.25) is 4.79 Å². The minimum atomic E-state index is 0.362. The van der Waals surface area contributed by atoms with Gasteiger partial charge in [0.25, 0.3) is 0 Å². The monoisotopic (exact) mass is 455 g/mol. The Hall–Kier alpha value is -2.32. The second-order valence-electron chi connectivity index (χ2n) is 9.00. The molecule has 2 aromatic heterocycles. The SMILES string of the molecule is CC1(C)CCN(C=O)C1.Nc1ccc(Nc2ncnc3sc4c(c23)CCCC4)cc1S. The van der Waals surface area contributed by atoms with Gasteiger partial charge in [0.05, 0.1) is 5.39 Å². The van der Waals surface area contributed by atoms with E-state index < -0.39 is 0 Å². The van der Waals surface area contributed by atoms with E-state index in [4.69, 9.17) is 5.73 Å². The molecule has 6 nitrogen and oxygen atoms in total. The summed E-state index contributed by atoms with van der Waals surface area (Å²) in [5.74, 6) is 0.877. The molecule has 0 radical (unpaired) electrons. The first kappa shape index (κ1) is 21.9. The van der Waals surface area contributed by atoms with E-state index in [1.165, 1.54) is 35.1 Å². The molecule has 1 aliphatic heterocycles. The number of benzene rings is 1. The van der Waals surface area contributed by atoms with Crippen LogP contribution in [0.5, 0.6) is 0 Å². The Kier molecular flexibility index (Phi) is 6.39. The number of amides is 1. The number of anilines is 3. The number of thiol groups is 1. The maximum atomic E-state index is 10.2. The van der Waals surface area contributed by atoms with Crippen LogP contribution in [-0.4, -0.2) is 34.4 Å². The van der Waals surface area contributed by atoms with Crippen molar-refractivity contribution in [3.05, 3.63) is 35.0 Å². The van der Waals surface area contributed by atoms with E-state index >= 15 is 0 Å². The van der Waals surface area contributed by atoms with Gasteiger partial charge in [-0.1, -0.05) is 13.8 Å². The molecule has 0 bridgehead atoms. The summed E-state index contributed by atoms with van der Waals surface area (Å²) in [5.41, 5.74) is 9.22. The normalized spacial score (nSPS) is 17.1. The molecule has 1 aliphatic carbocycles. The lowest BCUT2D eigenvalue weighted by molar-refractivity contribution is -0.117. The number of thiophene rings is 1. The third kappa shape index (κ3) is 4.96. The number of nitrogens with zero attached hydrogens (tertiary/aromatic N) is 3. The first-order valence-electron chi connectivity index (χ1n) is 10.7. The van der Waals surface area contributed by atoms with E-state index in [-0.39, 0.29) is 0 Å². The minimum Gasteiger partial charge on any atom is -0.398 e. The van der Waals surface area contributed by atoms with Crippen molar-refractivity contribution in [2.75, 3.05) is 24.1 Å². The summed E-state index contributed by atoms with van der Waals surface area (Å²) in [6.07, 6.45) is 8.52. The van der Waals surface area contributed by atoms with Crippen molar-refractivity contribution in [1.29, 1.82) is 0 Å². The van der Waals surface area contributed by atoms with Crippen LogP contribution in [0, 0.1) is 5.41 Å². The Morgan fingerprint density at radius 3 is 2.74 bits per heavy atom. The Bertz CT molecular complexity index is 1100. The maximum absolute atomic E-state index is 10.2. The number of nitrogen functional groups attached to an aromatic ring is 1. The predicted octanol–water partition coefficient (Wildman–Crippen LogP) is 5.06. The van der Waals surface area contributed by atoms with Crippen LogP contribution in [0.4, 0.5) is 17.2 Å². The van der Waals surface area contributed by atoms with Gasteiger partial charge < -0.3 is 16.0 Å². The van der Waals surface area contributed by atoms with E-state index in [1.807, 2.05) is 23.1 Å². The summed E-state index contributed by atoms with van der Waals surface area (Å²) in [6, 6.07) is 5.72. The van der Waals surface area contributed by atoms with Crippen molar-refractivity contribution in [3.8, 4) is 0 Å². The number of aryl methyl sites for hydroxylation is 2. The van der Waals surface area contributed by atoms with Gasteiger partial charge in [0.1, 0.15) is 17.0 Å². The number of aromatic nitrogens is 2. The standard InChI is InChI=1S/C16H16N4S2.C7H13NO/c17-11-6-5-9(7-12(11)21)20-15-14-10-3-1-2-4-13(10)22-16(14)19-8-18-15;1-7(2)3-4-8(5-7)6-9/h5-8,21H,1-4,17H2,(H,18,19,20);6H,3-5H2,1-2H3. The Morgan fingerprint density at radius 2 is 2.06 bits per heavy atom. The van der Waals surface area contributed by atoms with E-state index in [9.17, 15) is 4.79 Å². The minimum absolute atomic E-state index is 0.362. The van der Waals surface area contributed by atoms with E-state index in [2.05, 4.69) is 41.8 Å². The highest BCUT2D eigenvalue weighted by atomic mass is 32.1. The fourth-order valence-electron chi connectivity index (χ4n) is 4.19. The number of likely N-dealkylation sites (tertiary alicyclic amines) is 1. The number of rotatable bonds is 3. The molecule has 1 saturated heterocycles. The van der Waals surface area contributed by atoms with Crippen molar-refractivity contribution in [2.45, 2.75) is 50.8 Å². The fourth-order valence-corrected chi connectivity index (χ4v) is 5.63. The molecule has 164 valence electrons. The van der Waals surface area contributed by atoms with Gasteiger partial charge in [0.2, 0.25) is 6.41 Å². The van der Waals surface area contributed by atoms with Crippen molar-refractivity contribution in [1.82, 2.24) is 14.9 Å². The number of carbonyl (C=O) groups excluding carboxylic acids is 1. The molecule has 31 heavy (non-hydrogen) atoms. The molecule has 5 rings (SSSR count). The highest BCUT2D eigenvalue weighted by Gasteiger charge is 2.27. The molecule has 1 fully saturated rings. The number of nitrogens with one attached hydrogen (secondary N) is 1. The van der Waals surface area contributed by atoms with Crippen LogP contribution in [0.15, 0.2) is 29.4 Å². The molecule has 0 saturated carbocycles. The third-order valence-electron chi connectivity index (χ3n) is 5.90. The zero-order valence-corrected chi connectivity index (χ0v) is 19.7. The summed E-state index contributed by atoms with van der Waals surface area (Å²) < 4.78 is 0. The molecule has 0 atom stereocenters. The summed E-state index contributed by atoms with van der Waals surface area (Å²) in [5, 5.41) is 4.58. The molecule has 3 N–H and O–H groups in total. The van der Waals surface area contributed by atoms with Crippen molar-refractivity contribution in [2.24, 2.45) is 5.41 Å². The van der Waals surface area contributed by atoms with Gasteiger partial charge >= 0.3 is 0 Å². The van der Waals surface area contributed by atoms with Crippen molar-refractivity contribution in [3.63, 3.8) is 0 Å². The highest BCUT2D eigenvalue weighted by molar-refractivity contribution is 7.80. The van der Waals surface area contributed by atoms with Crippen LogP contribution < -0.4 is 11.1 Å². The van der Waals surface area contributed by atoms with E-state index in [0.717, 1.165) is 53.6 Å². The van der Waals surface area contributed by atoms with Crippen LogP contribution in [-0.2, 0) is 17.6 Å². The van der Waals surface area contributed by atoms with Gasteiger partial charge in [-0.25, -0.2) is 9.97 Å². The van der Waals surface area contributed by atoms with Gasteiger partial charge in [-0.2, -0.15) is 0 Å². The highest BCUT2D eigenvalue weighted by Crippen LogP contribution is 2.39. The predicted molar refractivity (Wildman–Crippen MR) is 131 cm³/mol. The van der Waals surface area contributed by atoms with Crippen LogP contribution >= 0.6 is 24.0 Å². The molecular formula is C23H29N5OS2. The number of hydrogen-bond donors (Lipinski definition) is 3. The van der Waals surface area contributed by atoms with Crippen LogP contribution in [0.2, 0.25) is 0 Å². The largest absolute Gasteiger partial charge is 0.398 e. The molecule has 3 heterocycles. The van der Waals surface area contributed by atoms with E-state index in [0.29, 0.717) is 11.1 Å². The topological polar surface area (TPSA) is 84.1 Å². The summed E-state index contributed by atoms with van der Waals surface area (Å²) in [6.45, 7) is 6.25. The summed E-state index contributed by atoms with van der Waals surface area (Å²) in [7, 11) is 0. The average Bonchev–Trinajstić information content (AvgIpc) is 3.31. The van der Waals surface area contributed by atoms with Crippen molar-refractivity contribution < 1.29 is 4.79 Å². The summed E-state index contributed by atoms with van der Waals surface area (Å²) in [4.78, 5) is 24.3. The molecule has 0 spiro atoms. The van der Waals surface area contributed by atoms with Gasteiger partial charge in [-0.05, 0) is 61.3 Å². The number of nitrogens with two attached hydrogens (primary N) is 1. The number of fused-ring (bicyclic) bond motifs is 3. The second-order valence-corrected chi connectivity index (χ2v) is 10.6. The molecule has 2 aliphatic rings. The van der Waals surface area contributed by atoms with Crippen LogP contribution in [0.25, 0.3) is 10.2 Å². The summed E-state index contributed by atoms with van der Waals surface area (Å²) >= 11 is 6.18. The van der Waals surface area contributed by atoms with Gasteiger partial charge in [0, 0.05) is 34.2 Å². The fraction of sp³-hybridized carbons (Fsp3) is 0.435. The number of hydrogen-bond acceptors (Lipinski definition) is 7. The molecule has 3 aromatic rings. The zero-order valence-electron chi connectivity index (χ0n) is 18.0. The lowest BCUT2D eigenvalue weighted by Gasteiger charge is -2.15. The van der Waals surface area contributed by atoms with Crippen LogP contribution in [0.3, 0.4) is 0 Å². The second kappa shape index (κ2) is 9.04. The maximum Gasteiger partial charge on any atom is 0.209 e. The lowest BCUT2D eigenvalue weighted by Crippen LogP contribution is -2.21. The zero-order chi connectivity index (χ0) is 22.0. The Balaban J connectivity index is 0.000000217. The smallest absolute Gasteiger partial charge is 0.209 e. The Labute approximate surface area is 192 Å².